The predicted octanol–water partition coefficient (Wildman–Crippen LogP) is 6.90. The van der Waals surface area contributed by atoms with Crippen molar-refractivity contribution in [2.45, 2.75) is 6.54 Å². The summed E-state index contributed by atoms with van der Waals surface area (Å²) >= 11 is 1.60. The summed E-state index contributed by atoms with van der Waals surface area (Å²) in [6.45, 7) is 0.810. The van der Waals surface area contributed by atoms with Gasteiger partial charge in [-0.2, -0.15) is 5.10 Å². The third-order valence-corrected chi connectivity index (χ3v) is 6.58. The van der Waals surface area contributed by atoms with Gasteiger partial charge < -0.3 is 4.57 Å². The maximum absolute atomic E-state index is 4.58. The molecule has 6 rings (SSSR count). The monoisotopic (exact) mass is 432 g/mol. The molecule has 1 N–H and O–H groups in total. The molecular formula is C27H20N4S. The van der Waals surface area contributed by atoms with Crippen LogP contribution in [0.4, 0.5) is 5.13 Å². The van der Waals surface area contributed by atoms with Gasteiger partial charge >= 0.3 is 0 Å². The van der Waals surface area contributed by atoms with Crippen LogP contribution in [0.25, 0.3) is 31.9 Å². The van der Waals surface area contributed by atoms with Gasteiger partial charge in [0.2, 0.25) is 5.13 Å². The highest BCUT2D eigenvalue weighted by atomic mass is 32.1. The minimum absolute atomic E-state index is 0.794. The van der Waals surface area contributed by atoms with E-state index in [-0.39, 0.29) is 0 Å². The summed E-state index contributed by atoms with van der Waals surface area (Å²) in [7, 11) is 0. The average molecular weight is 433 g/mol. The molecule has 0 bridgehead atoms. The molecule has 32 heavy (non-hydrogen) atoms. The number of thiazole rings is 1. The Hall–Kier alpha value is -3.96. The third kappa shape index (κ3) is 3.53. The SMILES string of the molecule is C(=N\Nc1nc2ccccc2s1)/c1cn(Cc2ccc3ccccc3c2)c2ccccc12. The van der Waals surface area contributed by atoms with Crippen molar-refractivity contribution in [2.75, 3.05) is 5.43 Å². The Morgan fingerprint density at radius 3 is 2.62 bits per heavy atom. The smallest absolute Gasteiger partial charge is 0.204 e. The number of nitrogens with one attached hydrogen (secondary N) is 1. The number of aromatic nitrogens is 2. The number of nitrogens with zero attached hydrogens (tertiary/aromatic N) is 3. The van der Waals surface area contributed by atoms with Crippen LogP contribution in [-0.2, 0) is 6.54 Å². The van der Waals surface area contributed by atoms with E-state index < -0.39 is 0 Å². The highest BCUT2D eigenvalue weighted by molar-refractivity contribution is 7.22. The third-order valence-electron chi connectivity index (χ3n) is 5.64. The summed E-state index contributed by atoms with van der Waals surface area (Å²) in [4.78, 5) is 4.58. The van der Waals surface area contributed by atoms with Gasteiger partial charge in [-0.05, 0) is 40.6 Å². The standard InChI is InChI=1S/C27H20N4S/c1-2-8-21-15-19(13-14-20(21)7-1)17-31-18-22(23-9-3-5-11-25(23)31)16-28-30-27-29-24-10-4-6-12-26(24)32-27/h1-16,18H,17H2,(H,29,30)/b28-16+. The van der Waals surface area contributed by atoms with Crippen molar-refractivity contribution in [3.63, 3.8) is 0 Å². The molecule has 2 aromatic heterocycles. The quantitative estimate of drug-likeness (QED) is 0.238. The first-order valence-corrected chi connectivity index (χ1v) is 11.4. The Morgan fingerprint density at radius 2 is 1.69 bits per heavy atom. The largest absolute Gasteiger partial charge is 0.342 e. The number of fused-ring (bicyclic) bond motifs is 3. The zero-order valence-corrected chi connectivity index (χ0v) is 18.1. The van der Waals surface area contributed by atoms with E-state index in [0.717, 1.165) is 27.5 Å². The fraction of sp³-hybridized carbons (Fsp3) is 0.0370. The number of anilines is 1. The molecule has 0 spiro atoms. The first-order chi connectivity index (χ1) is 15.8. The molecule has 0 aliphatic rings. The Balaban J connectivity index is 1.29. The van der Waals surface area contributed by atoms with E-state index in [0.29, 0.717) is 0 Å². The van der Waals surface area contributed by atoms with Gasteiger partial charge in [-0.1, -0.05) is 78.1 Å². The van der Waals surface area contributed by atoms with Crippen molar-refractivity contribution in [3.05, 3.63) is 108 Å². The summed E-state index contributed by atoms with van der Waals surface area (Å²) in [5.41, 5.74) is 7.64. The topological polar surface area (TPSA) is 42.2 Å². The molecule has 5 heteroatoms. The maximum atomic E-state index is 4.58. The summed E-state index contributed by atoms with van der Waals surface area (Å²) in [6.07, 6.45) is 4.05. The van der Waals surface area contributed by atoms with Gasteiger partial charge in [0.15, 0.2) is 0 Å². The molecule has 154 valence electrons. The van der Waals surface area contributed by atoms with Crippen LogP contribution in [0.5, 0.6) is 0 Å². The Kier molecular flexibility index (Phi) is 4.66. The van der Waals surface area contributed by atoms with Gasteiger partial charge in [-0.3, -0.25) is 5.43 Å². The molecule has 0 atom stereocenters. The van der Waals surface area contributed by atoms with Gasteiger partial charge in [0.05, 0.1) is 16.4 Å². The Bertz CT molecular complexity index is 1560. The molecule has 0 radical (unpaired) electrons. The number of hydrogen-bond acceptors (Lipinski definition) is 4. The number of rotatable bonds is 5. The van der Waals surface area contributed by atoms with Crippen molar-refractivity contribution in [3.8, 4) is 0 Å². The molecule has 4 nitrogen and oxygen atoms in total. The van der Waals surface area contributed by atoms with Crippen LogP contribution >= 0.6 is 11.3 Å². The van der Waals surface area contributed by atoms with E-state index in [2.05, 4.69) is 99.1 Å². The second kappa shape index (κ2) is 7.94. The Labute approximate surface area is 189 Å². The van der Waals surface area contributed by atoms with E-state index in [4.69, 9.17) is 0 Å². The minimum atomic E-state index is 0.794. The van der Waals surface area contributed by atoms with Crippen molar-refractivity contribution in [1.29, 1.82) is 0 Å². The molecule has 0 unspecified atom stereocenters. The molecule has 6 aromatic rings. The van der Waals surface area contributed by atoms with Crippen LogP contribution < -0.4 is 5.43 Å². The lowest BCUT2D eigenvalue weighted by Gasteiger charge is -2.07. The number of hydrogen-bond donors (Lipinski definition) is 1. The lowest BCUT2D eigenvalue weighted by atomic mass is 10.1. The van der Waals surface area contributed by atoms with Crippen LogP contribution in [0.15, 0.2) is 102 Å². The fourth-order valence-electron chi connectivity index (χ4n) is 4.12. The lowest BCUT2D eigenvalue weighted by Crippen LogP contribution is -1.97. The van der Waals surface area contributed by atoms with E-state index in [1.807, 2.05) is 24.4 Å². The first kappa shape index (κ1) is 18.8. The molecule has 0 saturated heterocycles. The van der Waals surface area contributed by atoms with Crippen molar-refractivity contribution >= 4 is 54.6 Å². The second-order valence-electron chi connectivity index (χ2n) is 7.77. The average Bonchev–Trinajstić information content (AvgIpc) is 3.40. The maximum Gasteiger partial charge on any atom is 0.204 e. The molecule has 2 heterocycles. The summed E-state index contributed by atoms with van der Waals surface area (Å²) in [5, 5.41) is 8.99. The molecule has 0 aliphatic heterocycles. The summed E-state index contributed by atoms with van der Waals surface area (Å²) in [5.74, 6) is 0. The zero-order valence-electron chi connectivity index (χ0n) is 17.3. The molecule has 0 amide bonds. The highest BCUT2D eigenvalue weighted by Gasteiger charge is 2.08. The van der Waals surface area contributed by atoms with Crippen LogP contribution in [0.2, 0.25) is 0 Å². The summed E-state index contributed by atoms with van der Waals surface area (Å²) in [6, 6.07) is 31.7. The van der Waals surface area contributed by atoms with Crippen LogP contribution in [0.1, 0.15) is 11.1 Å². The van der Waals surface area contributed by atoms with Crippen molar-refractivity contribution < 1.29 is 0 Å². The van der Waals surface area contributed by atoms with E-state index in [1.54, 1.807) is 11.3 Å². The van der Waals surface area contributed by atoms with E-state index >= 15 is 0 Å². The lowest BCUT2D eigenvalue weighted by molar-refractivity contribution is 0.837. The van der Waals surface area contributed by atoms with Crippen molar-refractivity contribution in [1.82, 2.24) is 9.55 Å². The van der Waals surface area contributed by atoms with E-state index in [9.17, 15) is 0 Å². The molecule has 4 aromatic carbocycles. The fourth-order valence-corrected chi connectivity index (χ4v) is 4.94. The first-order valence-electron chi connectivity index (χ1n) is 10.5. The van der Waals surface area contributed by atoms with Crippen LogP contribution in [0, 0.1) is 0 Å². The van der Waals surface area contributed by atoms with E-state index in [1.165, 1.54) is 27.2 Å². The molecular weight excluding hydrogens is 412 g/mol. The predicted molar refractivity (Wildman–Crippen MR) is 136 cm³/mol. The number of para-hydroxylation sites is 2. The zero-order chi connectivity index (χ0) is 21.3. The number of benzene rings is 4. The van der Waals surface area contributed by atoms with Crippen LogP contribution in [-0.4, -0.2) is 15.8 Å². The van der Waals surface area contributed by atoms with Gasteiger partial charge in [-0.25, -0.2) is 4.98 Å². The van der Waals surface area contributed by atoms with Crippen LogP contribution in [0.3, 0.4) is 0 Å². The minimum Gasteiger partial charge on any atom is -0.342 e. The molecule has 0 saturated carbocycles. The molecule has 0 aliphatic carbocycles. The van der Waals surface area contributed by atoms with Gasteiger partial charge in [0.1, 0.15) is 0 Å². The highest BCUT2D eigenvalue weighted by Crippen LogP contribution is 2.26. The molecule has 0 fully saturated rings. The summed E-state index contributed by atoms with van der Waals surface area (Å²) < 4.78 is 3.44. The van der Waals surface area contributed by atoms with Gasteiger partial charge in [-0.15, -0.1) is 0 Å². The number of hydrazone groups is 1. The second-order valence-corrected chi connectivity index (χ2v) is 8.80. The normalized spacial score (nSPS) is 11.8. The van der Waals surface area contributed by atoms with Crippen molar-refractivity contribution in [2.24, 2.45) is 5.10 Å². The van der Waals surface area contributed by atoms with Gasteiger partial charge in [0.25, 0.3) is 0 Å². The van der Waals surface area contributed by atoms with Gasteiger partial charge in [0, 0.05) is 29.2 Å². The Morgan fingerprint density at radius 1 is 0.875 bits per heavy atom.